The summed E-state index contributed by atoms with van der Waals surface area (Å²) in [7, 11) is 1.49. The Hall–Kier alpha value is -2.72. The van der Waals surface area contributed by atoms with Crippen LogP contribution >= 0.6 is 23.4 Å². The SMILES string of the molecule is CCN1C(=O)C(CC(=O)Nc2cc(C)ccc2OC)SC1=Nc1ccc(Cl)c(C(F)(F)F)c1. The van der Waals surface area contributed by atoms with E-state index in [-0.39, 0.29) is 29.7 Å². The summed E-state index contributed by atoms with van der Waals surface area (Å²) in [5, 5.41) is 1.78. The maximum absolute atomic E-state index is 13.2. The van der Waals surface area contributed by atoms with E-state index in [0.717, 1.165) is 29.5 Å². The molecule has 1 heterocycles. The summed E-state index contributed by atoms with van der Waals surface area (Å²) >= 11 is 6.70. The van der Waals surface area contributed by atoms with E-state index in [2.05, 4.69) is 10.3 Å². The first kappa shape index (κ1) is 24.9. The van der Waals surface area contributed by atoms with Gasteiger partial charge in [-0.1, -0.05) is 29.4 Å². The van der Waals surface area contributed by atoms with Crippen LogP contribution in [0.4, 0.5) is 24.5 Å². The highest BCUT2D eigenvalue weighted by molar-refractivity contribution is 8.15. The smallest absolute Gasteiger partial charge is 0.417 e. The lowest BCUT2D eigenvalue weighted by atomic mass is 10.2. The Kier molecular flexibility index (Phi) is 7.58. The van der Waals surface area contributed by atoms with Gasteiger partial charge in [0.2, 0.25) is 11.8 Å². The fraction of sp³-hybridized carbons (Fsp3) is 0.318. The zero-order valence-corrected chi connectivity index (χ0v) is 19.6. The summed E-state index contributed by atoms with van der Waals surface area (Å²) in [5.41, 5.74) is 0.409. The van der Waals surface area contributed by atoms with Crippen LogP contribution in [-0.4, -0.2) is 40.8 Å². The van der Waals surface area contributed by atoms with Gasteiger partial charge in [-0.3, -0.25) is 14.5 Å². The van der Waals surface area contributed by atoms with Crippen LogP contribution in [0.2, 0.25) is 5.02 Å². The number of benzene rings is 2. The van der Waals surface area contributed by atoms with Crippen molar-refractivity contribution in [2.24, 2.45) is 4.99 Å². The molecule has 2 amide bonds. The second kappa shape index (κ2) is 10.0. The van der Waals surface area contributed by atoms with Gasteiger partial charge >= 0.3 is 6.18 Å². The van der Waals surface area contributed by atoms with E-state index in [1.165, 1.54) is 18.1 Å². The lowest BCUT2D eigenvalue weighted by Crippen LogP contribution is -2.33. The average molecular weight is 500 g/mol. The minimum Gasteiger partial charge on any atom is -0.495 e. The second-order valence-corrected chi connectivity index (χ2v) is 8.78. The van der Waals surface area contributed by atoms with E-state index in [1.807, 2.05) is 13.0 Å². The molecule has 1 saturated heterocycles. The largest absolute Gasteiger partial charge is 0.495 e. The molecule has 2 aromatic carbocycles. The van der Waals surface area contributed by atoms with Crippen molar-refractivity contribution < 1.29 is 27.5 Å². The third-order valence-corrected chi connectivity index (χ3v) is 6.32. The number of carbonyl (C=O) groups is 2. The molecule has 0 spiro atoms. The minimum atomic E-state index is -4.63. The fourth-order valence-electron chi connectivity index (χ4n) is 3.22. The summed E-state index contributed by atoms with van der Waals surface area (Å²) in [6.07, 6.45) is -4.77. The molecule has 0 radical (unpaired) electrons. The zero-order chi connectivity index (χ0) is 24.3. The van der Waals surface area contributed by atoms with Crippen molar-refractivity contribution in [3.8, 4) is 5.75 Å². The number of anilines is 1. The highest BCUT2D eigenvalue weighted by atomic mass is 35.5. The Labute approximate surface area is 198 Å². The normalized spacial score (nSPS) is 17.5. The Morgan fingerprint density at radius 2 is 2.00 bits per heavy atom. The summed E-state index contributed by atoms with van der Waals surface area (Å²) < 4.78 is 44.7. The zero-order valence-electron chi connectivity index (χ0n) is 18.0. The van der Waals surface area contributed by atoms with Crippen molar-refractivity contribution in [2.45, 2.75) is 31.7 Å². The molecule has 1 fully saturated rings. The molecular formula is C22H21ClF3N3O3S. The number of aliphatic imine (C=N–C) groups is 1. The van der Waals surface area contributed by atoms with Crippen molar-refractivity contribution in [1.29, 1.82) is 0 Å². The van der Waals surface area contributed by atoms with Gasteiger partial charge in [0.15, 0.2) is 5.17 Å². The molecule has 0 bridgehead atoms. The number of aryl methyl sites for hydroxylation is 1. The van der Waals surface area contributed by atoms with Gasteiger partial charge in [-0.05, 0) is 49.7 Å². The first-order chi connectivity index (χ1) is 15.5. The second-order valence-electron chi connectivity index (χ2n) is 7.20. The monoisotopic (exact) mass is 499 g/mol. The summed E-state index contributed by atoms with van der Waals surface area (Å²) in [4.78, 5) is 31.0. The van der Waals surface area contributed by atoms with Gasteiger partial charge in [-0.2, -0.15) is 13.2 Å². The van der Waals surface area contributed by atoms with Crippen molar-refractivity contribution in [1.82, 2.24) is 4.90 Å². The van der Waals surface area contributed by atoms with Crippen molar-refractivity contribution in [3.05, 3.63) is 52.5 Å². The van der Waals surface area contributed by atoms with Gasteiger partial charge in [0.25, 0.3) is 0 Å². The number of methoxy groups -OCH3 is 1. The number of nitrogens with zero attached hydrogens (tertiary/aromatic N) is 2. The number of amides is 2. The quantitative estimate of drug-likeness (QED) is 0.557. The minimum absolute atomic E-state index is 0.00933. The molecular weight excluding hydrogens is 479 g/mol. The molecule has 3 rings (SSSR count). The van der Waals surface area contributed by atoms with Crippen LogP contribution in [0.3, 0.4) is 0 Å². The third-order valence-electron chi connectivity index (χ3n) is 4.82. The number of alkyl halides is 3. The van der Waals surface area contributed by atoms with E-state index in [0.29, 0.717) is 11.4 Å². The number of halogens is 4. The number of hydrogen-bond acceptors (Lipinski definition) is 5. The van der Waals surface area contributed by atoms with Crippen molar-refractivity contribution in [3.63, 3.8) is 0 Å². The molecule has 2 aromatic rings. The molecule has 0 aromatic heterocycles. The number of rotatable bonds is 6. The van der Waals surface area contributed by atoms with Crippen LogP contribution in [0, 0.1) is 6.92 Å². The van der Waals surface area contributed by atoms with E-state index in [4.69, 9.17) is 16.3 Å². The number of nitrogens with one attached hydrogen (secondary N) is 1. The first-order valence-corrected chi connectivity index (χ1v) is 11.2. The molecule has 176 valence electrons. The molecule has 0 saturated carbocycles. The lowest BCUT2D eigenvalue weighted by molar-refractivity contribution is -0.137. The van der Waals surface area contributed by atoms with Crippen LogP contribution in [0.25, 0.3) is 0 Å². The third kappa shape index (κ3) is 5.80. The molecule has 6 nitrogen and oxygen atoms in total. The Balaban J connectivity index is 1.79. The number of amidine groups is 1. The highest BCUT2D eigenvalue weighted by Crippen LogP contribution is 2.38. The Morgan fingerprint density at radius 1 is 1.27 bits per heavy atom. The van der Waals surface area contributed by atoms with Crippen LogP contribution in [0.15, 0.2) is 41.4 Å². The molecule has 33 heavy (non-hydrogen) atoms. The molecule has 1 N–H and O–H groups in total. The molecule has 11 heteroatoms. The molecule has 0 aliphatic carbocycles. The number of ether oxygens (including phenoxy) is 1. The number of thioether (sulfide) groups is 1. The highest BCUT2D eigenvalue weighted by Gasteiger charge is 2.39. The van der Waals surface area contributed by atoms with E-state index < -0.39 is 27.9 Å². The topological polar surface area (TPSA) is 71.0 Å². The number of hydrogen-bond donors (Lipinski definition) is 1. The maximum atomic E-state index is 13.2. The standard InChI is InChI=1S/C22H21ClF3N3O3S/c1-4-29-20(31)18(11-19(30)28-16-9-12(2)5-8-17(16)32-3)33-21(29)27-13-6-7-15(23)14(10-13)22(24,25)26/h5-10,18H,4,11H2,1-3H3,(H,28,30). The van der Waals surface area contributed by atoms with E-state index in [1.54, 1.807) is 19.1 Å². The number of carbonyl (C=O) groups excluding carboxylic acids is 2. The van der Waals surface area contributed by atoms with Gasteiger partial charge in [-0.15, -0.1) is 0 Å². The fourth-order valence-corrected chi connectivity index (χ4v) is 4.66. The predicted octanol–water partition coefficient (Wildman–Crippen LogP) is 5.66. The van der Waals surface area contributed by atoms with Crippen molar-refractivity contribution >= 4 is 51.7 Å². The predicted molar refractivity (Wildman–Crippen MR) is 123 cm³/mol. The summed E-state index contributed by atoms with van der Waals surface area (Å²) in [5.74, 6) is -0.245. The lowest BCUT2D eigenvalue weighted by Gasteiger charge is -2.14. The van der Waals surface area contributed by atoms with Gasteiger partial charge < -0.3 is 10.1 Å². The average Bonchev–Trinajstić information content (AvgIpc) is 3.02. The Morgan fingerprint density at radius 3 is 2.64 bits per heavy atom. The maximum Gasteiger partial charge on any atom is 0.417 e. The van der Waals surface area contributed by atoms with Crippen molar-refractivity contribution in [2.75, 3.05) is 19.0 Å². The van der Waals surface area contributed by atoms with Crippen LogP contribution in [-0.2, 0) is 15.8 Å². The molecule has 1 atom stereocenters. The molecule has 1 aliphatic rings. The van der Waals surface area contributed by atoms with Crippen LogP contribution < -0.4 is 10.1 Å². The molecule has 1 unspecified atom stereocenters. The van der Waals surface area contributed by atoms with Gasteiger partial charge in [0.05, 0.1) is 29.1 Å². The van der Waals surface area contributed by atoms with Gasteiger partial charge in [-0.25, -0.2) is 4.99 Å². The van der Waals surface area contributed by atoms with E-state index >= 15 is 0 Å². The molecule has 1 aliphatic heterocycles. The van der Waals surface area contributed by atoms with Crippen LogP contribution in [0.5, 0.6) is 5.75 Å². The van der Waals surface area contributed by atoms with E-state index in [9.17, 15) is 22.8 Å². The van der Waals surface area contributed by atoms with Crippen LogP contribution in [0.1, 0.15) is 24.5 Å². The summed E-state index contributed by atoms with van der Waals surface area (Å²) in [6, 6.07) is 8.61. The van der Waals surface area contributed by atoms with Gasteiger partial charge in [0.1, 0.15) is 11.0 Å². The van der Waals surface area contributed by atoms with Gasteiger partial charge in [0, 0.05) is 13.0 Å². The Bertz CT molecular complexity index is 1110. The first-order valence-electron chi connectivity index (χ1n) is 9.91. The summed E-state index contributed by atoms with van der Waals surface area (Å²) in [6.45, 7) is 3.85.